The number of nitrogens with zero attached hydrogens (tertiary/aromatic N) is 2. The van der Waals surface area contributed by atoms with Crippen molar-refractivity contribution in [2.24, 2.45) is 0 Å². The second-order valence-electron chi connectivity index (χ2n) is 6.14. The molecule has 0 aromatic carbocycles. The van der Waals surface area contributed by atoms with Gasteiger partial charge in [-0.05, 0) is 39.0 Å². The van der Waals surface area contributed by atoms with E-state index in [1.807, 2.05) is 0 Å². The molecule has 0 radical (unpaired) electrons. The maximum absolute atomic E-state index is 4.81. The molecule has 1 saturated carbocycles. The van der Waals surface area contributed by atoms with Crippen molar-refractivity contribution >= 4 is 11.6 Å². The number of anilines is 2. The van der Waals surface area contributed by atoms with E-state index >= 15 is 0 Å². The van der Waals surface area contributed by atoms with Gasteiger partial charge in [0.15, 0.2) is 0 Å². The molecule has 0 bridgehead atoms. The first-order valence-electron chi connectivity index (χ1n) is 8.58. The third-order valence-electron chi connectivity index (χ3n) is 4.12. The van der Waals surface area contributed by atoms with E-state index in [9.17, 15) is 0 Å². The second kappa shape index (κ2) is 7.62. The van der Waals surface area contributed by atoms with Gasteiger partial charge in [0.1, 0.15) is 17.5 Å². The number of hydrogen-bond acceptors (Lipinski definition) is 4. The van der Waals surface area contributed by atoms with Crippen LogP contribution >= 0.6 is 0 Å². The Morgan fingerprint density at radius 2 is 1.81 bits per heavy atom. The molecule has 21 heavy (non-hydrogen) atoms. The molecule has 4 heteroatoms. The monoisotopic (exact) mass is 290 g/mol. The van der Waals surface area contributed by atoms with Gasteiger partial charge < -0.3 is 10.6 Å². The van der Waals surface area contributed by atoms with Crippen molar-refractivity contribution in [2.75, 3.05) is 17.2 Å². The Labute approximate surface area is 129 Å². The molecular formula is C17H30N4. The van der Waals surface area contributed by atoms with Gasteiger partial charge in [-0.15, -0.1) is 0 Å². The van der Waals surface area contributed by atoms with Gasteiger partial charge in [-0.25, -0.2) is 9.97 Å². The first kappa shape index (κ1) is 16.1. The van der Waals surface area contributed by atoms with Crippen LogP contribution in [0.15, 0.2) is 0 Å². The summed E-state index contributed by atoms with van der Waals surface area (Å²) in [4.78, 5) is 9.56. The van der Waals surface area contributed by atoms with E-state index in [4.69, 9.17) is 9.97 Å². The van der Waals surface area contributed by atoms with Crippen LogP contribution in [-0.4, -0.2) is 22.6 Å². The molecule has 1 unspecified atom stereocenters. The van der Waals surface area contributed by atoms with Crippen molar-refractivity contribution in [2.45, 2.75) is 78.2 Å². The van der Waals surface area contributed by atoms with Gasteiger partial charge in [-0.3, -0.25) is 0 Å². The molecule has 1 aromatic heterocycles. The molecular weight excluding hydrogens is 260 g/mol. The van der Waals surface area contributed by atoms with Crippen LogP contribution in [0.5, 0.6) is 0 Å². The van der Waals surface area contributed by atoms with E-state index < -0.39 is 0 Å². The molecule has 2 N–H and O–H groups in total. The summed E-state index contributed by atoms with van der Waals surface area (Å²) in [6, 6.07) is 0.509. The summed E-state index contributed by atoms with van der Waals surface area (Å²) in [5, 5.41) is 7.10. The fourth-order valence-electron chi connectivity index (χ4n) is 2.53. The summed E-state index contributed by atoms with van der Waals surface area (Å²) in [5.74, 6) is 3.65. The van der Waals surface area contributed by atoms with Gasteiger partial charge >= 0.3 is 0 Å². The first-order chi connectivity index (χ1) is 10.2. The smallest absolute Gasteiger partial charge is 0.136 e. The van der Waals surface area contributed by atoms with E-state index in [0.29, 0.717) is 12.0 Å². The lowest BCUT2D eigenvalue weighted by atomic mass is 10.1. The van der Waals surface area contributed by atoms with Crippen molar-refractivity contribution < 1.29 is 0 Å². The van der Waals surface area contributed by atoms with Crippen LogP contribution in [0.1, 0.15) is 76.6 Å². The number of hydrogen-bond donors (Lipinski definition) is 2. The maximum Gasteiger partial charge on any atom is 0.136 e. The zero-order valence-electron chi connectivity index (χ0n) is 14.0. The van der Waals surface area contributed by atoms with Gasteiger partial charge in [-0.2, -0.15) is 0 Å². The third kappa shape index (κ3) is 4.32. The SMILES string of the molecule is CCCNc1nc(C2CC2)nc(NC(CC)CCC)c1C. The van der Waals surface area contributed by atoms with E-state index in [-0.39, 0.29) is 0 Å². The lowest BCUT2D eigenvalue weighted by Crippen LogP contribution is -2.21. The third-order valence-corrected chi connectivity index (χ3v) is 4.12. The van der Waals surface area contributed by atoms with Gasteiger partial charge in [-0.1, -0.05) is 27.2 Å². The molecule has 1 aliphatic rings. The molecule has 0 spiro atoms. The average molecular weight is 290 g/mol. The minimum atomic E-state index is 0.509. The van der Waals surface area contributed by atoms with Crippen LogP contribution < -0.4 is 10.6 Å². The Bertz CT molecular complexity index is 454. The number of rotatable bonds is 9. The van der Waals surface area contributed by atoms with Crippen LogP contribution in [0.25, 0.3) is 0 Å². The molecule has 0 saturated heterocycles. The number of nitrogens with one attached hydrogen (secondary N) is 2. The lowest BCUT2D eigenvalue weighted by molar-refractivity contribution is 0.619. The fraction of sp³-hybridized carbons (Fsp3) is 0.765. The predicted octanol–water partition coefficient (Wildman–Crippen LogP) is 4.47. The Morgan fingerprint density at radius 3 is 2.38 bits per heavy atom. The summed E-state index contributed by atoms with van der Waals surface area (Å²) >= 11 is 0. The van der Waals surface area contributed by atoms with Gasteiger partial charge in [0.2, 0.25) is 0 Å². The topological polar surface area (TPSA) is 49.8 Å². The summed E-state index contributed by atoms with van der Waals surface area (Å²) in [7, 11) is 0. The molecule has 118 valence electrons. The highest BCUT2D eigenvalue weighted by atomic mass is 15.1. The van der Waals surface area contributed by atoms with E-state index in [2.05, 4.69) is 38.3 Å². The van der Waals surface area contributed by atoms with Gasteiger partial charge in [0, 0.05) is 24.1 Å². The molecule has 0 amide bonds. The first-order valence-corrected chi connectivity index (χ1v) is 8.58. The van der Waals surface area contributed by atoms with Gasteiger partial charge in [0.25, 0.3) is 0 Å². The number of aromatic nitrogens is 2. The zero-order chi connectivity index (χ0) is 15.2. The molecule has 1 heterocycles. The summed E-state index contributed by atoms with van der Waals surface area (Å²) in [5.41, 5.74) is 1.16. The summed E-state index contributed by atoms with van der Waals surface area (Å²) < 4.78 is 0. The highest BCUT2D eigenvalue weighted by molar-refractivity contribution is 5.58. The van der Waals surface area contributed by atoms with Crippen molar-refractivity contribution in [3.63, 3.8) is 0 Å². The standard InChI is InChI=1S/C17H30N4/c1-5-8-14(7-3)19-16-12(4)15(18-11-6-2)20-17(21-16)13-9-10-13/h13-14H,5-11H2,1-4H3,(H2,18,19,20,21). The molecule has 1 aromatic rings. The van der Waals surface area contributed by atoms with Gasteiger partial charge in [0.05, 0.1) is 0 Å². The Balaban J connectivity index is 2.22. The normalized spacial score (nSPS) is 15.8. The second-order valence-corrected chi connectivity index (χ2v) is 6.14. The summed E-state index contributed by atoms with van der Waals surface area (Å²) in [6.07, 6.45) is 7.11. The average Bonchev–Trinajstić information content (AvgIpc) is 3.32. The highest BCUT2D eigenvalue weighted by Crippen LogP contribution is 2.39. The Kier molecular flexibility index (Phi) is 5.83. The maximum atomic E-state index is 4.81. The minimum Gasteiger partial charge on any atom is -0.370 e. The van der Waals surface area contributed by atoms with Crippen molar-refractivity contribution in [1.82, 2.24) is 9.97 Å². The van der Waals surface area contributed by atoms with Crippen LogP contribution in [0.3, 0.4) is 0 Å². The van der Waals surface area contributed by atoms with E-state index in [1.165, 1.54) is 25.7 Å². The van der Waals surface area contributed by atoms with Crippen molar-refractivity contribution in [3.8, 4) is 0 Å². The van der Waals surface area contributed by atoms with Crippen LogP contribution in [-0.2, 0) is 0 Å². The van der Waals surface area contributed by atoms with Crippen LogP contribution in [0.4, 0.5) is 11.6 Å². The predicted molar refractivity (Wildman–Crippen MR) is 90.1 cm³/mol. The molecule has 0 aliphatic heterocycles. The molecule has 1 atom stereocenters. The van der Waals surface area contributed by atoms with E-state index in [0.717, 1.165) is 42.4 Å². The quantitative estimate of drug-likeness (QED) is 0.704. The molecule has 1 aliphatic carbocycles. The summed E-state index contributed by atoms with van der Waals surface area (Å²) in [6.45, 7) is 9.74. The van der Waals surface area contributed by atoms with Crippen LogP contribution in [0, 0.1) is 6.92 Å². The molecule has 4 nitrogen and oxygen atoms in total. The highest BCUT2D eigenvalue weighted by Gasteiger charge is 2.28. The molecule has 1 fully saturated rings. The van der Waals surface area contributed by atoms with Crippen molar-refractivity contribution in [3.05, 3.63) is 11.4 Å². The lowest BCUT2D eigenvalue weighted by Gasteiger charge is -2.20. The zero-order valence-corrected chi connectivity index (χ0v) is 14.0. The van der Waals surface area contributed by atoms with Crippen molar-refractivity contribution in [1.29, 1.82) is 0 Å². The van der Waals surface area contributed by atoms with E-state index in [1.54, 1.807) is 0 Å². The Hall–Kier alpha value is -1.32. The Morgan fingerprint density at radius 1 is 1.10 bits per heavy atom. The van der Waals surface area contributed by atoms with Crippen LogP contribution in [0.2, 0.25) is 0 Å². The fourth-order valence-corrected chi connectivity index (χ4v) is 2.53. The minimum absolute atomic E-state index is 0.509. The largest absolute Gasteiger partial charge is 0.370 e. The molecule has 2 rings (SSSR count).